The number of hydrogen-bond donors (Lipinski definition) is 1. The Hall–Kier alpha value is -3.02. The third kappa shape index (κ3) is 4.50. The minimum absolute atomic E-state index is 0.302. The maximum absolute atomic E-state index is 12.5. The van der Waals surface area contributed by atoms with Gasteiger partial charge in [-0.25, -0.2) is 4.79 Å². The van der Waals surface area contributed by atoms with Crippen LogP contribution in [0.25, 0.3) is 0 Å². The first-order valence-electron chi connectivity index (χ1n) is 7.80. The number of carbonyl (C=O) groups is 2. The first-order valence-corrected chi connectivity index (χ1v) is 7.80. The smallest absolute Gasteiger partial charge is 0.338 e. The fourth-order valence-corrected chi connectivity index (χ4v) is 2.28. The van der Waals surface area contributed by atoms with Gasteiger partial charge >= 0.3 is 5.97 Å². The van der Waals surface area contributed by atoms with Crippen LogP contribution in [0, 0.1) is 6.92 Å². The molecule has 0 atom stereocenters. The van der Waals surface area contributed by atoms with E-state index >= 15 is 0 Å². The molecule has 0 aliphatic heterocycles. The highest BCUT2D eigenvalue weighted by atomic mass is 16.5. The molecule has 0 aliphatic carbocycles. The number of aryl methyl sites for hydroxylation is 1. The largest absolute Gasteiger partial charge is 0.497 e. The van der Waals surface area contributed by atoms with Crippen molar-refractivity contribution in [3.63, 3.8) is 0 Å². The molecule has 0 fully saturated rings. The van der Waals surface area contributed by atoms with E-state index in [0.717, 1.165) is 5.56 Å². The van der Waals surface area contributed by atoms with Gasteiger partial charge in [0.25, 0.3) is 5.91 Å². The van der Waals surface area contributed by atoms with Crippen molar-refractivity contribution in [2.24, 2.45) is 0 Å². The van der Waals surface area contributed by atoms with Gasteiger partial charge < -0.3 is 19.5 Å². The molecular weight excluding hydrogens is 322 g/mol. The fraction of sp³-hybridized carbons (Fsp3) is 0.263. The third-order valence-electron chi connectivity index (χ3n) is 3.60. The van der Waals surface area contributed by atoms with Crippen LogP contribution in [0.1, 0.15) is 33.2 Å². The number of rotatable bonds is 6. The van der Waals surface area contributed by atoms with Gasteiger partial charge in [-0.15, -0.1) is 0 Å². The van der Waals surface area contributed by atoms with Crippen LogP contribution >= 0.6 is 0 Å². The van der Waals surface area contributed by atoms with Gasteiger partial charge in [0.05, 0.1) is 26.4 Å². The van der Waals surface area contributed by atoms with Crippen molar-refractivity contribution in [1.82, 2.24) is 0 Å². The predicted molar refractivity (Wildman–Crippen MR) is 94.6 cm³/mol. The van der Waals surface area contributed by atoms with Gasteiger partial charge in [0, 0.05) is 17.3 Å². The van der Waals surface area contributed by atoms with Crippen molar-refractivity contribution < 1.29 is 23.8 Å². The molecule has 25 heavy (non-hydrogen) atoms. The van der Waals surface area contributed by atoms with Crippen LogP contribution in [0.15, 0.2) is 36.4 Å². The van der Waals surface area contributed by atoms with E-state index < -0.39 is 0 Å². The Kier molecular flexibility index (Phi) is 6.00. The molecule has 1 amide bonds. The second kappa shape index (κ2) is 8.19. The van der Waals surface area contributed by atoms with E-state index in [9.17, 15) is 9.59 Å². The SMILES string of the molecule is CCOC(=O)c1ccc(NC(=O)c2cc(OC)cc(OC)c2)c(C)c1. The Morgan fingerprint density at radius 2 is 1.60 bits per heavy atom. The van der Waals surface area contributed by atoms with Gasteiger partial charge in [-0.1, -0.05) is 0 Å². The molecule has 0 spiro atoms. The highest BCUT2D eigenvalue weighted by Gasteiger charge is 2.13. The molecule has 0 saturated carbocycles. The van der Waals surface area contributed by atoms with Crippen LogP contribution in [0.3, 0.4) is 0 Å². The van der Waals surface area contributed by atoms with Crippen molar-refractivity contribution >= 4 is 17.6 Å². The second-order valence-corrected chi connectivity index (χ2v) is 5.31. The lowest BCUT2D eigenvalue weighted by molar-refractivity contribution is 0.0526. The Morgan fingerprint density at radius 1 is 0.960 bits per heavy atom. The number of anilines is 1. The summed E-state index contributed by atoms with van der Waals surface area (Å²) in [5, 5.41) is 2.83. The summed E-state index contributed by atoms with van der Waals surface area (Å²) in [4.78, 5) is 24.3. The van der Waals surface area contributed by atoms with Crippen LogP contribution in [0.2, 0.25) is 0 Å². The maximum Gasteiger partial charge on any atom is 0.338 e. The molecule has 6 heteroatoms. The number of ether oxygens (including phenoxy) is 3. The Bertz CT molecular complexity index is 763. The molecule has 0 heterocycles. The first-order chi connectivity index (χ1) is 12.0. The van der Waals surface area contributed by atoms with Gasteiger partial charge in [0.1, 0.15) is 11.5 Å². The van der Waals surface area contributed by atoms with Crippen LogP contribution in [0.4, 0.5) is 5.69 Å². The lowest BCUT2D eigenvalue weighted by Gasteiger charge is -2.12. The predicted octanol–water partition coefficient (Wildman–Crippen LogP) is 3.44. The zero-order valence-corrected chi connectivity index (χ0v) is 14.7. The van der Waals surface area contributed by atoms with E-state index in [1.807, 2.05) is 6.92 Å². The third-order valence-corrected chi connectivity index (χ3v) is 3.60. The highest BCUT2D eigenvalue weighted by molar-refractivity contribution is 6.05. The van der Waals surface area contributed by atoms with Gasteiger partial charge in [0.15, 0.2) is 0 Å². The van der Waals surface area contributed by atoms with Crippen molar-refractivity contribution in [3.05, 3.63) is 53.1 Å². The number of esters is 1. The molecule has 2 rings (SSSR count). The summed E-state index contributed by atoms with van der Waals surface area (Å²) in [5.74, 6) is 0.364. The van der Waals surface area contributed by atoms with Crippen LogP contribution < -0.4 is 14.8 Å². The summed E-state index contributed by atoms with van der Waals surface area (Å²) in [6.45, 7) is 3.88. The standard InChI is InChI=1S/C19H21NO5/c1-5-25-19(22)13-6-7-17(12(2)8-13)20-18(21)14-9-15(23-3)11-16(10-14)24-4/h6-11H,5H2,1-4H3,(H,20,21). The molecule has 0 aliphatic rings. The molecule has 0 bridgehead atoms. The van der Waals surface area contributed by atoms with E-state index in [1.165, 1.54) is 14.2 Å². The first kappa shape index (κ1) is 18.3. The van der Waals surface area contributed by atoms with E-state index in [4.69, 9.17) is 14.2 Å². The lowest BCUT2D eigenvalue weighted by atomic mass is 10.1. The fourth-order valence-electron chi connectivity index (χ4n) is 2.28. The topological polar surface area (TPSA) is 73.9 Å². The number of methoxy groups -OCH3 is 2. The average molecular weight is 343 g/mol. The monoisotopic (exact) mass is 343 g/mol. The summed E-state index contributed by atoms with van der Waals surface area (Å²) in [6.07, 6.45) is 0. The molecular formula is C19H21NO5. The molecule has 1 N–H and O–H groups in total. The van der Waals surface area contributed by atoms with E-state index in [1.54, 1.807) is 43.3 Å². The van der Waals surface area contributed by atoms with Gasteiger partial charge in [0.2, 0.25) is 0 Å². The van der Waals surface area contributed by atoms with Gasteiger partial charge in [-0.3, -0.25) is 4.79 Å². The molecule has 132 valence electrons. The zero-order chi connectivity index (χ0) is 18.4. The molecule has 0 unspecified atom stereocenters. The normalized spacial score (nSPS) is 10.1. The Labute approximate surface area is 146 Å². The van der Waals surface area contributed by atoms with Crippen LogP contribution in [0.5, 0.6) is 11.5 Å². The number of nitrogens with one attached hydrogen (secondary N) is 1. The average Bonchev–Trinajstić information content (AvgIpc) is 2.62. The van der Waals surface area contributed by atoms with Gasteiger partial charge in [-0.2, -0.15) is 0 Å². The minimum atomic E-state index is -0.388. The molecule has 0 aromatic heterocycles. The highest BCUT2D eigenvalue weighted by Crippen LogP contribution is 2.24. The lowest BCUT2D eigenvalue weighted by Crippen LogP contribution is -2.14. The van der Waals surface area contributed by atoms with Crippen molar-refractivity contribution in [2.75, 3.05) is 26.1 Å². The molecule has 0 radical (unpaired) electrons. The van der Waals surface area contributed by atoms with Gasteiger partial charge in [-0.05, 0) is 49.7 Å². The summed E-state index contributed by atoms with van der Waals surface area (Å²) in [6, 6.07) is 9.92. The summed E-state index contributed by atoms with van der Waals surface area (Å²) >= 11 is 0. The zero-order valence-electron chi connectivity index (χ0n) is 14.7. The molecule has 0 saturated heterocycles. The number of amides is 1. The summed E-state index contributed by atoms with van der Waals surface area (Å²) in [7, 11) is 3.05. The van der Waals surface area contributed by atoms with Crippen molar-refractivity contribution in [1.29, 1.82) is 0 Å². The number of carbonyl (C=O) groups excluding carboxylic acids is 2. The summed E-state index contributed by atoms with van der Waals surface area (Å²) in [5.41, 5.74) is 2.22. The molecule has 2 aromatic rings. The van der Waals surface area contributed by atoms with E-state index in [-0.39, 0.29) is 11.9 Å². The summed E-state index contributed by atoms with van der Waals surface area (Å²) < 4.78 is 15.3. The van der Waals surface area contributed by atoms with E-state index in [0.29, 0.717) is 34.9 Å². The number of hydrogen-bond acceptors (Lipinski definition) is 5. The maximum atomic E-state index is 12.5. The van der Waals surface area contributed by atoms with Crippen molar-refractivity contribution in [2.45, 2.75) is 13.8 Å². The number of benzene rings is 2. The quantitative estimate of drug-likeness (QED) is 0.813. The van der Waals surface area contributed by atoms with Crippen LogP contribution in [-0.4, -0.2) is 32.7 Å². The van der Waals surface area contributed by atoms with E-state index in [2.05, 4.69) is 5.32 Å². The Balaban J connectivity index is 2.22. The second-order valence-electron chi connectivity index (χ2n) is 5.31. The minimum Gasteiger partial charge on any atom is -0.497 e. The van der Waals surface area contributed by atoms with Crippen molar-refractivity contribution in [3.8, 4) is 11.5 Å². The molecule has 6 nitrogen and oxygen atoms in total. The Morgan fingerprint density at radius 3 is 2.12 bits per heavy atom. The van der Waals surface area contributed by atoms with Crippen LogP contribution in [-0.2, 0) is 4.74 Å². The molecule has 2 aromatic carbocycles.